The van der Waals surface area contributed by atoms with Gasteiger partial charge in [0.25, 0.3) is 5.91 Å². The van der Waals surface area contributed by atoms with E-state index in [1.807, 2.05) is 29.2 Å². The molecule has 0 N–H and O–H groups in total. The average Bonchev–Trinajstić information content (AvgIpc) is 3.09. The fourth-order valence-corrected chi connectivity index (χ4v) is 2.72. The number of amides is 1. The second-order valence-electron chi connectivity index (χ2n) is 3.90. The SMILES string of the molecule is O=C(c1ccccc1I)N(CCBr)C1CC1. The van der Waals surface area contributed by atoms with Gasteiger partial charge < -0.3 is 4.90 Å². The van der Waals surface area contributed by atoms with Crippen LogP contribution in [0.5, 0.6) is 0 Å². The first-order chi connectivity index (χ1) is 7.74. The van der Waals surface area contributed by atoms with E-state index in [0.29, 0.717) is 6.04 Å². The largest absolute Gasteiger partial charge is 0.335 e. The Hall–Kier alpha value is -0.100. The summed E-state index contributed by atoms with van der Waals surface area (Å²) in [5, 5.41) is 0.846. The van der Waals surface area contributed by atoms with E-state index in [9.17, 15) is 4.79 Å². The summed E-state index contributed by atoms with van der Waals surface area (Å²) < 4.78 is 1.03. The van der Waals surface area contributed by atoms with Crippen molar-refractivity contribution in [3.05, 3.63) is 33.4 Å². The summed E-state index contributed by atoms with van der Waals surface area (Å²) in [6.45, 7) is 0.800. The quantitative estimate of drug-likeness (QED) is 0.567. The van der Waals surface area contributed by atoms with Crippen LogP contribution in [0.4, 0.5) is 0 Å². The zero-order valence-corrected chi connectivity index (χ0v) is 12.6. The summed E-state index contributed by atoms with van der Waals surface area (Å²) >= 11 is 5.63. The van der Waals surface area contributed by atoms with Gasteiger partial charge in [0.2, 0.25) is 0 Å². The third-order valence-electron chi connectivity index (χ3n) is 2.68. The molecule has 0 aromatic heterocycles. The maximum Gasteiger partial charge on any atom is 0.255 e. The topological polar surface area (TPSA) is 20.3 Å². The van der Waals surface area contributed by atoms with Gasteiger partial charge in [-0.2, -0.15) is 0 Å². The highest BCUT2D eigenvalue weighted by atomic mass is 127. The molecule has 16 heavy (non-hydrogen) atoms. The number of nitrogens with zero attached hydrogens (tertiary/aromatic N) is 1. The monoisotopic (exact) mass is 393 g/mol. The second kappa shape index (κ2) is 5.49. The van der Waals surface area contributed by atoms with E-state index in [1.54, 1.807) is 0 Å². The molecular formula is C12H13BrINO. The standard InChI is InChI=1S/C12H13BrINO/c13-7-8-15(9-5-6-9)12(16)10-3-1-2-4-11(10)14/h1-4,9H,5-8H2. The Balaban J connectivity index is 2.19. The highest BCUT2D eigenvalue weighted by molar-refractivity contribution is 14.1. The molecule has 0 unspecified atom stereocenters. The van der Waals surface area contributed by atoms with Crippen LogP contribution in [0.25, 0.3) is 0 Å². The molecular weight excluding hydrogens is 381 g/mol. The predicted molar refractivity (Wildman–Crippen MR) is 77.0 cm³/mol. The number of rotatable bonds is 4. The molecule has 1 aliphatic rings. The minimum absolute atomic E-state index is 0.173. The van der Waals surface area contributed by atoms with Crippen molar-refractivity contribution in [2.75, 3.05) is 11.9 Å². The van der Waals surface area contributed by atoms with Gasteiger partial charge in [-0.15, -0.1) is 0 Å². The molecule has 0 heterocycles. The van der Waals surface area contributed by atoms with Gasteiger partial charge in [0.1, 0.15) is 0 Å². The van der Waals surface area contributed by atoms with Crippen molar-refractivity contribution in [3.8, 4) is 0 Å². The molecule has 0 aliphatic heterocycles. The molecule has 2 rings (SSSR count). The number of carbonyl (C=O) groups is 1. The van der Waals surface area contributed by atoms with Crippen LogP contribution in [0, 0.1) is 3.57 Å². The molecule has 2 nitrogen and oxygen atoms in total. The van der Waals surface area contributed by atoms with Gasteiger partial charge in [0.05, 0.1) is 5.56 Å². The van der Waals surface area contributed by atoms with Gasteiger partial charge in [0, 0.05) is 21.5 Å². The van der Waals surface area contributed by atoms with Crippen molar-refractivity contribution in [3.63, 3.8) is 0 Å². The van der Waals surface area contributed by atoms with Gasteiger partial charge >= 0.3 is 0 Å². The molecule has 1 saturated carbocycles. The lowest BCUT2D eigenvalue weighted by molar-refractivity contribution is 0.0753. The number of halogens is 2. The van der Waals surface area contributed by atoms with Crippen LogP contribution < -0.4 is 0 Å². The van der Waals surface area contributed by atoms with Crippen LogP contribution in [0.3, 0.4) is 0 Å². The van der Waals surface area contributed by atoms with E-state index >= 15 is 0 Å². The minimum Gasteiger partial charge on any atom is -0.335 e. The first-order valence-corrected chi connectivity index (χ1v) is 7.55. The molecule has 1 amide bonds. The van der Waals surface area contributed by atoms with Gasteiger partial charge in [-0.3, -0.25) is 4.79 Å². The maximum absolute atomic E-state index is 12.3. The molecule has 4 heteroatoms. The van der Waals surface area contributed by atoms with E-state index in [1.165, 1.54) is 0 Å². The molecule has 86 valence electrons. The molecule has 0 saturated heterocycles. The van der Waals surface area contributed by atoms with E-state index in [2.05, 4.69) is 38.5 Å². The number of hydrogen-bond donors (Lipinski definition) is 0. The Morgan fingerprint density at radius 3 is 2.69 bits per heavy atom. The molecule has 1 aromatic rings. The third-order valence-corrected chi connectivity index (χ3v) is 3.97. The smallest absolute Gasteiger partial charge is 0.255 e. The van der Waals surface area contributed by atoms with Crippen molar-refractivity contribution in [2.24, 2.45) is 0 Å². The fourth-order valence-electron chi connectivity index (χ4n) is 1.72. The normalized spacial score (nSPS) is 14.9. The van der Waals surface area contributed by atoms with Crippen LogP contribution >= 0.6 is 38.5 Å². The van der Waals surface area contributed by atoms with Crippen LogP contribution in [-0.4, -0.2) is 28.7 Å². The predicted octanol–water partition coefficient (Wildman–Crippen LogP) is 3.29. The van der Waals surface area contributed by atoms with Crippen LogP contribution in [-0.2, 0) is 0 Å². The molecule has 0 bridgehead atoms. The number of hydrogen-bond acceptors (Lipinski definition) is 1. The van der Waals surface area contributed by atoms with Gasteiger partial charge in [-0.05, 0) is 47.6 Å². The second-order valence-corrected chi connectivity index (χ2v) is 5.85. The Labute approximate surface area is 118 Å². The molecule has 1 fully saturated rings. The van der Waals surface area contributed by atoms with Crippen LogP contribution in [0.15, 0.2) is 24.3 Å². The van der Waals surface area contributed by atoms with E-state index in [4.69, 9.17) is 0 Å². The summed E-state index contributed by atoms with van der Waals surface area (Å²) in [7, 11) is 0. The first kappa shape index (κ1) is 12.4. The number of benzene rings is 1. The van der Waals surface area contributed by atoms with Crippen molar-refractivity contribution in [1.29, 1.82) is 0 Å². The minimum atomic E-state index is 0.173. The lowest BCUT2D eigenvalue weighted by atomic mass is 10.2. The Bertz CT molecular complexity index is 392. The first-order valence-electron chi connectivity index (χ1n) is 5.35. The van der Waals surface area contributed by atoms with Crippen LogP contribution in [0.2, 0.25) is 0 Å². The zero-order valence-electron chi connectivity index (χ0n) is 8.83. The van der Waals surface area contributed by atoms with Crippen LogP contribution in [0.1, 0.15) is 23.2 Å². The van der Waals surface area contributed by atoms with E-state index < -0.39 is 0 Å². The Morgan fingerprint density at radius 2 is 2.12 bits per heavy atom. The zero-order chi connectivity index (χ0) is 11.5. The number of alkyl halides is 1. The van der Waals surface area contributed by atoms with Crippen molar-refractivity contribution >= 4 is 44.4 Å². The van der Waals surface area contributed by atoms with E-state index in [-0.39, 0.29) is 5.91 Å². The lowest BCUT2D eigenvalue weighted by Crippen LogP contribution is -2.35. The third kappa shape index (κ3) is 2.77. The Kier molecular flexibility index (Phi) is 4.24. The summed E-state index contributed by atoms with van der Waals surface area (Å²) in [6.07, 6.45) is 2.31. The maximum atomic E-state index is 12.3. The summed E-state index contributed by atoms with van der Waals surface area (Å²) in [5.41, 5.74) is 0.830. The molecule has 0 spiro atoms. The average molecular weight is 394 g/mol. The molecule has 1 aliphatic carbocycles. The van der Waals surface area contributed by atoms with Gasteiger partial charge in [0.15, 0.2) is 0 Å². The Morgan fingerprint density at radius 1 is 1.44 bits per heavy atom. The van der Waals surface area contributed by atoms with Crippen molar-refractivity contribution in [1.82, 2.24) is 4.90 Å². The summed E-state index contributed by atoms with van der Waals surface area (Å²) in [4.78, 5) is 14.3. The summed E-state index contributed by atoms with van der Waals surface area (Å²) in [6, 6.07) is 8.25. The molecule has 1 aromatic carbocycles. The molecule has 0 atom stereocenters. The van der Waals surface area contributed by atoms with Crippen molar-refractivity contribution < 1.29 is 4.79 Å². The fraction of sp³-hybridized carbons (Fsp3) is 0.417. The highest BCUT2D eigenvalue weighted by Crippen LogP contribution is 2.29. The number of carbonyl (C=O) groups excluding carboxylic acids is 1. The summed E-state index contributed by atoms with van der Waals surface area (Å²) in [5.74, 6) is 0.173. The van der Waals surface area contributed by atoms with Crippen molar-refractivity contribution in [2.45, 2.75) is 18.9 Å². The van der Waals surface area contributed by atoms with E-state index in [0.717, 1.165) is 33.9 Å². The highest BCUT2D eigenvalue weighted by Gasteiger charge is 2.32. The molecule has 0 radical (unpaired) electrons. The van der Waals surface area contributed by atoms with Gasteiger partial charge in [-0.25, -0.2) is 0 Å². The lowest BCUT2D eigenvalue weighted by Gasteiger charge is -2.21. The van der Waals surface area contributed by atoms with Gasteiger partial charge in [-0.1, -0.05) is 28.1 Å².